The third-order valence-corrected chi connectivity index (χ3v) is 6.62. The van der Waals surface area contributed by atoms with Gasteiger partial charge in [0, 0.05) is 32.4 Å². The van der Waals surface area contributed by atoms with Crippen molar-refractivity contribution in [2.24, 2.45) is 0 Å². The molecule has 26 heavy (non-hydrogen) atoms. The van der Waals surface area contributed by atoms with Gasteiger partial charge < -0.3 is 19.0 Å². The third kappa shape index (κ3) is 2.34. The summed E-state index contributed by atoms with van der Waals surface area (Å²) in [6, 6.07) is 7.77. The van der Waals surface area contributed by atoms with Gasteiger partial charge >= 0.3 is 0 Å². The van der Waals surface area contributed by atoms with Gasteiger partial charge in [0.1, 0.15) is 11.5 Å². The predicted octanol–water partition coefficient (Wildman–Crippen LogP) is 2.50. The van der Waals surface area contributed by atoms with Gasteiger partial charge in [0.15, 0.2) is 5.72 Å². The molecule has 5 heterocycles. The SMILES string of the molecule is O=C(CCc1ccc(-c2cccs2)o1)N1CC[C@@]23OCCN2C(=O)C[C@@H]13. The summed E-state index contributed by atoms with van der Waals surface area (Å²) >= 11 is 1.63. The molecule has 0 radical (unpaired) electrons. The number of nitrogens with zero attached hydrogens (tertiary/aromatic N) is 2. The fourth-order valence-corrected chi connectivity index (χ4v) is 5.21. The van der Waals surface area contributed by atoms with Crippen molar-refractivity contribution < 1.29 is 18.7 Å². The minimum Gasteiger partial charge on any atom is -0.460 e. The Morgan fingerprint density at radius 3 is 3.08 bits per heavy atom. The Balaban J connectivity index is 1.25. The van der Waals surface area contributed by atoms with Gasteiger partial charge in [0.25, 0.3) is 0 Å². The number of carbonyl (C=O) groups is 2. The van der Waals surface area contributed by atoms with E-state index in [-0.39, 0.29) is 17.9 Å². The maximum absolute atomic E-state index is 12.8. The van der Waals surface area contributed by atoms with Crippen molar-refractivity contribution in [1.82, 2.24) is 9.80 Å². The van der Waals surface area contributed by atoms with Crippen LogP contribution in [0, 0.1) is 0 Å². The number of thiophene rings is 1. The zero-order chi connectivity index (χ0) is 17.7. The number of hydrogen-bond acceptors (Lipinski definition) is 5. The first-order valence-electron chi connectivity index (χ1n) is 9.04. The fraction of sp³-hybridized carbons (Fsp3) is 0.474. The number of likely N-dealkylation sites (tertiary alicyclic amines) is 1. The lowest BCUT2D eigenvalue weighted by atomic mass is 10.1. The highest BCUT2D eigenvalue weighted by molar-refractivity contribution is 7.13. The number of ether oxygens (including phenoxy) is 1. The molecule has 2 amide bonds. The Morgan fingerprint density at radius 2 is 2.23 bits per heavy atom. The van der Waals surface area contributed by atoms with Crippen LogP contribution in [0.4, 0.5) is 0 Å². The number of hydrogen-bond donors (Lipinski definition) is 0. The molecule has 5 rings (SSSR count). The Hall–Kier alpha value is -2.12. The first kappa shape index (κ1) is 16.1. The van der Waals surface area contributed by atoms with Crippen molar-refractivity contribution in [1.29, 1.82) is 0 Å². The van der Waals surface area contributed by atoms with E-state index >= 15 is 0 Å². The van der Waals surface area contributed by atoms with E-state index in [1.807, 2.05) is 39.4 Å². The highest BCUT2D eigenvalue weighted by Crippen LogP contribution is 2.45. The number of aryl methyl sites for hydroxylation is 1. The molecule has 136 valence electrons. The number of carbonyl (C=O) groups excluding carboxylic acids is 2. The van der Waals surface area contributed by atoms with Crippen molar-refractivity contribution >= 4 is 23.2 Å². The third-order valence-electron chi connectivity index (χ3n) is 5.73. The van der Waals surface area contributed by atoms with Crippen LogP contribution in [0.2, 0.25) is 0 Å². The summed E-state index contributed by atoms with van der Waals surface area (Å²) in [6.07, 6.45) is 2.06. The molecule has 2 aromatic rings. The monoisotopic (exact) mass is 372 g/mol. The van der Waals surface area contributed by atoms with E-state index < -0.39 is 5.72 Å². The molecule has 0 N–H and O–H groups in total. The van der Waals surface area contributed by atoms with Crippen LogP contribution in [0.3, 0.4) is 0 Å². The number of rotatable bonds is 4. The van der Waals surface area contributed by atoms with Crippen LogP contribution in [0.15, 0.2) is 34.1 Å². The maximum atomic E-state index is 12.8. The summed E-state index contributed by atoms with van der Waals surface area (Å²) in [5.74, 6) is 1.85. The summed E-state index contributed by atoms with van der Waals surface area (Å²) in [5.41, 5.74) is -0.552. The van der Waals surface area contributed by atoms with Gasteiger partial charge in [-0.15, -0.1) is 11.3 Å². The molecule has 2 atom stereocenters. The van der Waals surface area contributed by atoms with Gasteiger partial charge in [-0.3, -0.25) is 9.59 Å². The normalized spacial score (nSPS) is 27.2. The molecule has 7 heteroatoms. The zero-order valence-electron chi connectivity index (χ0n) is 14.3. The second-order valence-corrected chi connectivity index (χ2v) is 7.99. The molecule has 3 aliphatic heterocycles. The van der Waals surface area contributed by atoms with Crippen LogP contribution in [-0.2, 0) is 20.7 Å². The van der Waals surface area contributed by atoms with Crippen LogP contribution >= 0.6 is 11.3 Å². The average molecular weight is 372 g/mol. The van der Waals surface area contributed by atoms with Crippen LogP contribution < -0.4 is 0 Å². The summed E-state index contributed by atoms with van der Waals surface area (Å²) in [5, 5.41) is 2.02. The molecule has 0 aromatic carbocycles. The maximum Gasteiger partial charge on any atom is 0.227 e. The van der Waals surface area contributed by atoms with E-state index in [0.717, 1.165) is 22.8 Å². The first-order chi connectivity index (χ1) is 12.7. The lowest BCUT2D eigenvalue weighted by molar-refractivity contribution is -0.139. The van der Waals surface area contributed by atoms with E-state index in [1.165, 1.54) is 0 Å². The van der Waals surface area contributed by atoms with E-state index in [2.05, 4.69) is 0 Å². The van der Waals surface area contributed by atoms with Crippen LogP contribution in [0.25, 0.3) is 10.6 Å². The summed E-state index contributed by atoms with van der Waals surface area (Å²) in [4.78, 5) is 29.8. The number of amides is 2. The lowest BCUT2D eigenvalue weighted by Crippen LogP contribution is -2.48. The standard InChI is InChI=1S/C19H20N2O4S/c22-17(6-4-13-3-5-14(25-13)15-2-1-11-26-15)20-8-7-19-16(20)12-18(23)21(19)9-10-24-19/h1-3,5,11,16H,4,6-10,12H2/t16-,19+/m1/s1. The lowest BCUT2D eigenvalue weighted by Gasteiger charge is -2.31. The minimum absolute atomic E-state index is 0.0751. The van der Waals surface area contributed by atoms with E-state index in [1.54, 1.807) is 11.3 Å². The Bertz CT molecular complexity index is 846. The summed E-state index contributed by atoms with van der Waals surface area (Å²) < 4.78 is 11.8. The Morgan fingerprint density at radius 1 is 1.31 bits per heavy atom. The topological polar surface area (TPSA) is 63.0 Å². The Labute approximate surface area is 155 Å². The quantitative estimate of drug-likeness (QED) is 0.827. The first-order valence-corrected chi connectivity index (χ1v) is 9.92. The zero-order valence-corrected chi connectivity index (χ0v) is 15.2. The molecular formula is C19H20N2O4S. The van der Waals surface area contributed by atoms with Crippen molar-refractivity contribution in [2.45, 2.75) is 37.5 Å². The molecule has 1 spiro atoms. The molecule has 0 bridgehead atoms. The molecule has 3 aliphatic rings. The molecule has 6 nitrogen and oxygen atoms in total. The van der Waals surface area contributed by atoms with Crippen LogP contribution in [0.5, 0.6) is 0 Å². The van der Waals surface area contributed by atoms with Gasteiger partial charge in [0.2, 0.25) is 11.8 Å². The highest BCUT2D eigenvalue weighted by Gasteiger charge is 2.62. The molecule has 0 unspecified atom stereocenters. The predicted molar refractivity (Wildman–Crippen MR) is 95.5 cm³/mol. The van der Waals surface area contributed by atoms with Crippen molar-refractivity contribution in [3.05, 3.63) is 35.4 Å². The van der Waals surface area contributed by atoms with Gasteiger partial charge in [0.05, 0.1) is 23.9 Å². The van der Waals surface area contributed by atoms with Gasteiger partial charge in [-0.1, -0.05) is 6.07 Å². The number of furan rings is 1. The largest absolute Gasteiger partial charge is 0.460 e. The molecule has 0 saturated carbocycles. The minimum atomic E-state index is -0.552. The van der Waals surface area contributed by atoms with Crippen molar-refractivity contribution in [2.75, 3.05) is 19.7 Å². The van der Waals surface area contributed by atoms with Gasteiger partial charge in [-0.25, -0.2) is 0 Å². The van der Waals surface area contributed by atoms with E-state index in [0.29, 0.717) is 39.0 Å². The molecular weight excluding hydrogens is 352 g/mol. The van der Waals surface area contributed by atoms with Crippen LogP contribution in [-0.4, -0.2) is 53.1 Å². The summed E-state index contributed by atoms with van der Waals surface area (Å²) in [7, 11) is 0. The summed E-state index contributed by atoms with van der Waals surface area (Å²) in [6.45, 7) is 1.88. The van der Waals surface area contributed by atoms with Crippen molar-refractivity contribution in [3.63, 3.8) is 0 Å². The van der Waals surface area contributed by atoms with Crippen LogP contribution in [0.1, 0.15) is 25.0 Å². The molecule has 0 aliphatic carbocycles. The molecule has 3 fully saturated rings. The average Bonchev–Trinajstić information content (AvgIpc) is 3.42. The fourth-order valence-electron chi connectivity index (χ4n) is 4.53. The van der Waals surface area contributed by atoms with E-state index in [9.17, 15) is 9.59 Å². The second kappa shape index (κ2) is 5.96. The second-order valence-electron chi connectivity index (χ2n) is 7.04. The van der Waals surface area contributed by atoms with Gasteiger partial charge in [-0.05, 0) is 23.6 Å². The van der Waals surface area contributed by atoms with E-state index in [4.69, 9.17) is 9.15 Å². The molecule has 2 aromatic heterocycles. The smallest absolute Gasteiger partial charge is 0.227 e. The highest BCUT2D eigenvalue weighted by atomic mass is 32.1. The van der Waals surface area contributed by atoms with Gasteiger partial charge in [-0.2, -0.15) is 0 Å². The van der Waals surface area contributed by atoms with Crippen molar-refractivity contribution in [3.8, 4) is 10.6 Å². The molecule has 3 saturated heterocycles. The Kier molecular flexibility index (Phi) is 3.68.